The Hall–Kier alpha value is -2.39. The third-order valence-corrected chi connectivity index (χ3v) is 7.90. The van der Waals surface area contributed by atoms with Gasteiger partial charge in [0, 0.05) is 43.3 Å². The summed E-state index contributed by atoms with van der Waals surface area (Å²) < 4.78 is 33.2. The van der Waals surface area contributed by atoms with Crippen molar-refractivity contribution in [2.45, 2.75) is 11.8 Å². The van der Waals surface area contributed by atoms with Crippen molar-refractivity contribution in [1.82, 2.24) is 14.2 Å². The van der Waals surface area contributed by atoms with Gasteiger partial charge >= 0.3 is 0 Å². The van der Waals surface area contributed by atoms with Crippen molar-refractivity contribution in [2.75, 3.05) is 33.3 Å². The average molecular weight is 494 g/mol. The highest BCUT2D eigenvalue weighted by molar-refractivity contribution is 7.89. The third kappa shape index (κ3) is 4.15. The van der Waals surface area contributed by atoms with E-state index in [0.717, 1.165) is 10.9 Å². The molecule has 0 N–H and O–H groups in total. The molecule has 1 fully saturated rings. The fourth-order valence-corrected chi connectivity index (χ4v) is 6.01. The Kier molecular flexibility index (Phi) is 6.31. The Morgan fingerprint density at radius 3 is 2.34 bits per heavy atom. The van der Waals surface area contributed by atoms with Crippen LogP contribution in [0.15, 0.2) is 47.5 Å². The molecule has 0 bridgehead atoms. The Balaban J connectivity index is 1.53. The van der Waals surface area contributed by atoms with Crippen molar-refractivity contribution in [2.24, 2.45) is 0 Å². The molecule has 2 aromatic carbocycles. The number of rotatable bonds is 4. The quantitative estimate of drug-likeness (QED) is 0.548. The molecule has 10 heteroatoms. The highest BCUT2D eigenvalue weighted by atomic mass is 35.5. The minimum atomic E-state index is -3.76. The number of aromatic nitrogens is 1. The van der Waals surface area contributed by atoms with E-state index in [-0.39, 0.29) is 47.0 Å². The summed E-state index contributed by atoms with van der Waals surface area (Å²) in [7, 11) is -2.32. The summed E-state index contributed by atoms with van der Waals surface area (Å²) in [4.78, 5) is 19.0. The largest absolute Gasteiger partial charge is 0.494 e. The van der Waals surface area contributed by atoms with E-state index in [1.54, 1.807) is 23.2 Å². The number of aryl methyl sites for hydroxylation is 1. The molecule has 7 nitrogen and oxygen atoms in total. The fourth-order valence-electron chi connectivity index (χ4n) is 3.78. The Morgan fingerprint density at radius 2 is 1.72 bits per heavy atom. The molecule has 168 valence electrons. The highest BCUT2D eigenvalue weighted by Crippen LogP contribution is 2.34. The number of piperazine rings is 1. The van der Waals surface area contributed by atoms with Gasteiger partial charge in [0.1, 0.15) is 4.90 Å². The van der Waals surface area contributed by atoms with Crippen LogP contribution in [0.3, 0.4) is 0 Å². The van der Waals surface area contributed by atoms with Crippen LogP contribution >= 0.6 is 23.2 Å². The number of methoxy groups -OCH3 is 1. The van der Waals surface area contributed by atoms with Gasteiger partial charge in [0.2, 0.25) is 10.0 Å². The van der Waals surface area contributed by atoms with Crippen LogP contribution in [0.2, 0.25) is 10.0 Å². The van der Waals surface area contributed by atoms with Crippen molar-refractivity contribution in [3.05, 3.63) is 63.8 Å². The number of hydrogen-bond acceptors (Lipinski definition) is 5. The molecule has 0 atom stereocenters. The maximum atomic E-state index is 13.3. The highest BCUT2D eigenvalue weighted by Gasteiger charge is 2.32. The lowest BCUT2D eigenvalue weighted by Gasteiger charge is -2.34. The van der Waals surface area contributed by atoms with Crippen molar-refractivity contribution in [1.29, 1.82) is 0 Å². The van der Waals surface area contributed by atoms with Crippen molar-refractivity contribution in [3.63, 3.8) is 0 Å². The van der Waals surface area contributed by atoms with Crippen molar-refractivity contribution < 1.29 is 17.9 Å². The van der Waals surface area contributed by atoms with Crippen LogP contribution < -0.4 is 4.74 Å². The summed E-state index contributed by atoms with van der Waals surface area (Å²) in [5, 5.41) is 1.25. The van der Waals surface area contributed by atoms with E-state index in [1.807, 2.05) is 19.1 Å². The normalized spacial score (nSPS) is 15.2. The number of sulfonamides is 1. The van der Waals surface area contributed by atoms with Gasteiger partial charge in [-0.2, -0.15) is 4.31 Å². The Bertz CT molecular complexity index is 1280. The summed E-state index contributed by atoms with van der Waals surface area (Å²) in [6.07, 6.45) is 1.66. The second kappa shape index (κ2) is 8.86. The van der Waals surface area contributed by atoms with Gasteiger partial charge in [-0.3, -0.25) is 9.78 Å². The third-order valence-electron chi connectivity index (χ3n) is 5.40. The zero-order chi connectivity index (χ0) is 23.0. The SMILES string of the molecule is COc1c(Cl)cc(C(=O)N2CCN(S(=O)(=O)c3cccc4cc(C)cnc34)CC2)cc1Cl. The summed E-state index contributed by atoms with van der Waals surface area (Å²) in [5.74, 6) is 0.0375. The van der Waals surface area contributed by atoms with Gasteiger partial charge in [-0.15, -0.1) is 0 Å². The number of para-hydroxylation sites is 1. The smallest absolute Gasteiger partial charge is 0.254 e. The van der Waals surface area contributed by atoms with Gasteiger partial charge in [0.05, 0.1) is 22.7 Å². The number of fused-ring (bicyclic) bond motifs is 1. The molecule has 0 radical (unpaired) electrons. The van der Waals surface area contributed by atoms with E-state index in [1.165, 1.54) is 23.5 Å². The van der Waals surface area contributed by atoms with Gasteiger partial charge in [0.25, 0.3) is 5.91 Å². The predicted molar refractivity (Wildman–Crippen MR) is 124 cm³/mol. The molecule has 1 saturated heterocycles. The zero-order valence-electron chi connectivity index (χ0n) is 17.5. The number of amides is 1. The maximum Gasteiger partial charge on any atom is 0.254 e. The van der Waals surface area contributed by atoms with Crippen LogP contribution in [0.5, 0.6) is 5.75 Å². The molecule has 3 aromatic rings. The number of ether oxygens (including phenoxy) is 1. The molecule has 0 saturated carbocycles. The Labute approximate surface area is 196 Å². The first-order valence-electron chi connectivity index (χ1n) is 9.90. The molecule has 1 aromatic heterocycles. The lowest BCUT2D eigenvalue weighted by atomic mass is 10.1. The van der Waals surface area contributed by atoms with Gasteiger partial charge < -0.3 is 9.64 Å². The topological polar surface area (TPSA) is 79.8 Å². The molecule has 4 rings (SSSR count). The molecule has 0 aliphatic carbocycles. The van der Waals surface area contributed by atoms with Crippen molar-refractivity contribution in [3.8, 4) is 5.75 Å². The molecule has 0 spiro atoms. The number of benzene rings is 2. The maximum absolute atomic E-state index is 13.3. The molecule has 1 aliphatic rings. The second-order valence-electron chi connectivity index (χ2n) is 7.51. The van der Waals surface area contributed by atoms with Gasteiger partial charge in [-0.05, 0) is 36.8 Å². The first kappa shape index (κ1) is 22.8. The van der Waals surface area contributed by atoms with Crippen LogP contribution in [0.4, 0.5) is 0 Å². The van der Waals surface area contributed by atoms with E-state index >= 15 is 0 Å². The standard InChI is InChI=1S/C22H21Cl2N3O4S/c1-14-10-15-4-3-5-19(20(15)25-13-14)32(29,30)27-8-6-26(7-9-27)22(28)16-11-17(23)21(31-2)18(24)12-16/h3-5,10-13H,6-9H2,1-2H3. The number of nitrogens with zero attached hydrogens (tertiary/aromatic N) is 3. The summed E-state index contributed by atoms with van der Waals surface area (Å²) in [5.41, 5.74) is 1.72. The monoisotopic (exact) mass is 493 g/mol. The fraction of sp³-hybridized carbons (Fsp3) is 0.273. The van der Waals surface area contributed by atoms with E-state index in [9.17, 15) is 13.2 Å². The molecule has 0 unspecified atom stereocenters. The molecule has 32 heavy (non-hydrogen) atoms. The van der Waals surface area contributed by atoms with E-state index < -0.39 is 10.0 Å². The number of pyridine rings is 1. The predicted octanol–water partition coefficient (Wildman–Crippen LogP) is 4.01. The van der Waals surface area contributed by atoms with Crippen LogP contribution in [-0.2, 0) is 10.0 Å². The van der Waals surface area contributed by atoms with Gasteiger partial charge in [0.15, 0.2) is 5.75 Å². The summed E-state index contributed by atoms with van der Waals surface area (Å²) in [6.45, 7) is 2.75. The minimum Gasteiger partial charge on any atom is -0.494 e. The summed E-state index contributed by atoms with van der Waals surface area (Å²) in [6, 6.07) is 10.0. The van der Waals surface area contributed by atoms with Gasteiger partial charge in [-0.1, -0.05) is 35.3 Å². The van der Waals surface area contributed by atoms with Gasteiger partial charge in [-0.25, -0.2) is 8.42 Å². The molecule has 1 amide bonds. The lowest BCUT2D eigenvalue weighted by Crippen LogP contribution is -2.50. The molecular weight excluding hydrogens is 473 g/mol. The Morgan fingerprint density at radius 1 is 1.06 bits per heavy atom. The van der Waals surface area contributed by atoms with Crippen LogP contribution in [0, 0.1) is 6.92 Å². The van der Waals surface area contributed by atoms with Crippen molar-refractivity contribution >= 4 is 50.0 Å². The molecule has 2 heterocycles. The summed E-state index contributed by atoms with van der Waals surface area (Å²) >= 11 is 12.3. The number of carbonyl (C=O) groups is 1. The average Bonchev–Trinajstić information content (AvgIpc) is 2.77. The second-order valence-corrected chi connectivity index (χ2v) is 10.2. The van der Waals surface area contributed by atoms with E-state index in [4.69, 9.17) is 27.9 Å². The molecular formula is C22H21Cl2N3O4S. The van der Waals surface area contributed by atoms with Crippen LogP contribution in [0.25, 0.3) is 10.9 Å². The van der Waals surface area contributed by atoms with E-state index in [0.29, 0.717) is 16.8 Å². The van der Waals surface area contributed by atoms with Crippen LogP contribution in [-0.4, -0.2) is 61.8 Å². The molecule has 1 aliphatic heterocycles. The first-order chi connectivity index (χ1) is 15.2. The number of halogens is 2. The number of carbonyl (C=O) groups excluding carboxylic acids is 1. The first-order valence-corrected chi connectivity index (χ1v) is 12.1. The minimum absolute atomic E-state index is 0.170. The van der Waals surface area contributed by atoms with E-state index in [2.05, 4.69) is 4.98 Å². The lowest BCUT2D eigenvalue weighted by molar-refractivity contribution is 0.0698. The zero-order valence-corrected chi connectivity index (χ0v) is 19.8. The number of hydrogen-bond donors (Lipinski definition) is 0. The van der Waals surface area contributed by atoms with Crippen LogP contribution in [0.1, 0.15) is 15.9 Å².